The van der Waals surface area contributed by atoms with E-state index in [0.717, 1.165) is 5.01 Å². The topological polar surface area (TPSA) is 92.6 Å². The first-order valence-electron chi connectivity index (χ1n) is 9.67. The number of hydrogen-bond donors (Lipinski definition) is 1. The number of aliphatic hydroxyl groups is 1. The van der Waals surface area contributed by atoms with Crippen molar-refractivity contribution in [1.82, 2.24) is 14.9 Å². The van der Waals surface area contributed by atoms with Gasteiger partial charge in [-0.3, -0.25) is 14.6 Å². The number of rotatable bonds is 6. The van der Waals surface area contributed by atoms with Crippen molar-refractivity contribution in [2.45, 2.75) is 26.4 Å². The van der Waals surface area contributed by atoms with Crippen molar-refractivity contribution in [2.75, 3.05) is 7.11 Å². The number of hydrogen-bond acceptors (Lipinski definition) is 7. The lowest BCUT2D eigenvalue weighted by Gasteiger charge is -2.26. The van der Waals surface area contributed by atoms with Crippen LogP contribution >= 0.6 is 11.3 Å². The van der Waals surface area contributed by atoms with E-state index in [2.05, 4.69) is 9.97 Å². The van der Waals surface area contributed by atoms with E-state index in [1.807, 2.05) is 13.0 Å². The van der Waals surface area contributed by atoms with Crippen LogP contribution < -0.4 is 4.74 Å². The number of methoxy groups -OCH3 is 1. The summed E-state index contributed by atoms with van der Waals surface area (Å²) in [6, 6.07) is 11.8. The summed E-state index contributed by atoms with van der Waals surface area (Å²) in [4.78, 5) is 37.0. The minimum absolute atomic E-state index is 0.0536. The number of ether oxygens (including phenoxy) is 1. The molecule has 2 aromatic heterocycles. The number of ketones is 1. The number of aromatic nitrogens is 2. The fraction of sp³-hybridized carbons (Fsp3) is 0.217. The van der Waals surface area contributed by atoms with Gasteiger partial charge in [0, 0.05) is 6.20 Å². The molecule has 0 saturated carbocycles. The Balaban J connectivity index is 1.81. The van der Waals surface area contributed by atoms with E-state index in [9.17, 15) is 14.7 Å². The summed E-state index contributed by atoms with van der Waals surface area (Å²) in [6.45, 7) is 3.72. The third kappa shape index (κ3) is 3.82. The summed E-state index contributed by atoms with van der Waals surface area (Å²) in [6.07, 6.45) is 1.64. The molecule has 0 fully saturated rings. The van der Waals surface area contributed by atoms with Crippen molar-refractivity contribution < 1.29 is 19.4 Å². The Morgan fingerprint density at radius 1 is 1.19 bits per heavy atom. The zero-order chi connectivity index (χ0) is 22.1. The lowest BCUT2D eigenvalue weighted by Crippen LogP contribution is -2.31. The summed E-state index contributed by atoms with van der Waals surface area (Å²) in [5.41, 5.74) is 1.98. The van der Waals surface area contributed by atoms with Crippen LogP contribution in [0.25, 0.3) is 0 Å². The molecule has 0 aliphatic carbocycles. The Bertz CT molecular complexity index is 1170. The molecule has 1 aliphatic rings. The normalized spacial score (nSPS) is 16.2. The molecule has 158 valence electrons. The molecule has 7 nitrogen and oxygen atoms in total. The van der Waals surface area contributed by atoms with Gasteiger partial charge in [0.25, 0.3) is 5.91 Å². The van der Waals surface area contributed by atoms with Gasteiger partial charge < -0.3 is 14.7 Å². The first-order chi connectivity index (χ1) is 14.9. The van der Waals surface area contributed by atoms with E-state index in [-0.39, 0.29) is 12.1 Å². The number of benzene rings is 1. The monoisotopic (exact) mass is 435 g/mol. The maximum absolute atomic E-state index is 13.5. The molecule has 1 aliphatic heterocycles. The molecule has 8 heteroatoms. The highest BCUT2D eigenvalue weighted by molar-refractivity contribution is 7.14. The van der Waals surface area contributed by atoms with Gasteiger partial charge in [0.15, 0.2) is 5.76 Å². The van der Waals surface area contributed by atoms with E-state index in [0.29, 0.717) is 27.6 Å². The minimum atomic E-state index is -0.755. The fourth-order valence-electron chi connectivity index (χ4n) is 3.71. The van der Waals surface area contributed by atoms with Crippen LogP contribution in [0.5, 0.6) is 5.75 Å². The molecule has 1 amide bonds. The van der Waals surface area contributed by atoms with Gasteiger partial charge >= 0.3 is 0 Å². The highest BCUT2D eigenvalue weighted by atomic mass is 32.1. The van der Waals surface area contributed by atoms with Crippen LogP contribution in [-0.2, 0) is 11.3 Å². The number of amides is 1. The molecule has 1 unspecified atom stereocenters. The minimum Gasteiger partial charge on any atom is -0.503 e. The smallest absolute Gasteiger partial charge is 0.290 e. The largest absolute Gasteiger partial charge is 0.503 e. The number of carbonyl (C=O) groups is 2. The second-order valence-electron chi connectivity index (χ2n) is 7.17. The van der Waals surface area contributed by atoms with Crippen molar-refractivity contribution in [3.8, 4) is 5.75 Å². The molecule has 3 heterocycles. The van der Waals surface area contributed by atoms with Gasteiger partial charge in [0.2, 0.25) is 5.78 Å². The molecule has 1 atom stereocenters. The number of carbonyl (C=O) groups excluding carboxylic acids is 2. The van der Waals surface area contributed by atoms with E-state index in [4.69, 9.17) is 4.74 Å². The molecule has 0 radical (unpaired) electrons. The molecule has 31 heavy (non-hydrogen) atoms. The molecular formula is C23H21N3O4S. The summed E-state index contributed by atoms with van der Waals surface area (Å²) >= 11 is 1.25. The van der Waals surface area contributed by atoms with Crippen LogP contribution in [0.15, 0.2) is 60.0 Å². The molecule has 0 bridgehead atoms. The van der Waals surface area contributed by atoms with Gasteiger partial charge in [-0.25, -0.2) is 4.98 Å². The standard InChI is InChI=1S/C23H21N3O4S/c1-13-22(31-14(2)25-13)20(27)18-19(15-7-9-17(30-3)10-8-15)26(23(29)21(18)28)12-16-6-4-5-11-24-16/h4-11,19,28H,12H2,1-3H3. The predicted molar refractivity (Wildman–Crippen MR) is 116 cm³/mol. The van der Waals surface area contributed by atoms with Crippen molar-refractivity contribution in [1.29, 1.82) is 0 Å². The highest BCUT2D eigenvalue weighted by Gasteiger charge is 2.44. The number of Topliss-reactive ketones (excluding diaryl/α,β-unsaturated/α-hetero) is 1. The maximum atomic E-state index is 13.5. The summed E-state index contributed by atoms with van der Waals surface area (Å²) in [7, 11) is 1.57. The average Bonchev–Trinajstić information content (AvgIpc) is 3.24. The number of thiazole rings is 1. The number of nitrogens with zero attached hydrogens (tertiary/aromatic N) is 3. The lowest BCUT2D eigenvalue weighted by molar-refractivity contribution is -0.130. The molecule has 1 aromatic carbocycles. The SMILES string of the molecule is COc1ccc(C2C(C(=O)c3sc(C)nc3C)=C(O)C(=O)N2Cc2ccccn2)cc1. The Morgan fingerprint density at radius 3 is 2.52 bits per heavy atom. The average molecular weight is 436 g/mol. The Morgan fingerprint density at radius 2 is 1.94 bits per heavy atom. The van der Waals surface area contributed by atoms with Crippen LogP contribution in [0.2, 0.25) is 0 Å². The molecule has 0 saturated heterocycles. The van der Waals surface area contributed by atoms with Gasteiger partial charge in [0.1, 0.15) is 5.75 Å². The second kappa shape index (κ2) is 8.31. The lowest BCUT2D eigenvalue weighted by atomic mass is 9.95. The van der Waals surface area contributed by atoms with Crippen LogP contribution in [0.1, 0.15) is 37.7 Å². The van der Waals surface area contributed by atoms with Crippen LogP contribution in [-0.4, -0.2) is 38.8 Å². The molecule has 3 aromatic rings. The molecule has 4 rings (SSSR count). The van der Waals surface area contributed by atoms with Crippen molar-refractivity contribution >= 4 is 23.0 Å². The van der Waals surface area contributed by atoms with Crippen LogP contribution in [0.3, 0.4) is 0 Å². The van der Waals surface area contributed by atoms with E-state index in [1.165, 1.54) is 16.2 Å². The van der Waals surface area contributed by atoms with Crippen molar-refractivity contribution in [3.05, 3.63) is 86.8 Å². The fourth-order valence-corrected chi connectivity index (χ4v) is 4.59. The van der Waals surface area contributed by atoms with Gasteiger partial charge in [0.05, 0.1) is 46.5 Å². The maximum Gasteiger partial charge on any atom is 0.290 e. The zero-order valence-corrected chi connectivity index (χ0v) is 18.1. The zero-order valence-electron chi connectivity index (χ0n) is 17.3. The Hall–Kier alpha value is -3.52. The van der Waals surface area contributed by atoms with Gasteiger partial charge in [-0.05, 0) is 43.7 Å². The van der Waals surface area contributed by atoms with E-state index >= 15 is 0 Å². The first kappa shape index (κ1) is 20.7. The molecule has 1 N–H and O–H groups in total. The highest BCUT2D eigenvalue weighted by Crippen LogP contribution is 2.41. The first-order valence-corrected chi connectivity index (χ1v) is 10.5. The van der Waals surface area contributed by atoms with E-state index in [1.54, 1.807) is 56.6 Å². The Labute approximate surface area is 183 Å². The van der Waals surface area contributed by atoms with Crippen LogP contribution in [0, 0.1) is 13.8 Å². The predicted octanol–water partition coefficient (Wildman–Crippen LogP) is 3.94. The second-order valence-corrected chi connectivity index (χ2v) is 8.37. The summed E-state index contributed by atoms with van der Waals surface area (Å²) < 4.78 is 5.23. The van der Waals surface area contributed by atoms with Crippen molar-refractivity contribution in [2.24, 2.45) is 0 Å². The number of pyridine rings is 1. The molecule has 0 spiro atoms. The number of aliphatic hydroxyl groups excluding tert-OH is 1. The Kier molecular flexibility index (Phi) is 5.56. The molecular weight excluding hydrogens is 414 g/mol. The summed E-state index contributed by atoms with van der Waals surface area (Å²) in [5, 5.41) is 11.5. The van der Waals surface area contributed by atoms with Gasteiger partial charge in [-0.1, -0.05) is 18.2 Å². The van der Waals surface area contributed by atoms with Gasteiger partial charge in [-0.15, -0.1) is 11.3 Å². The van der Waals surface area contributed by atoms with Gasteiger partial charge in [-0.2, -0.15) is 0 Å². The number of aryl methyl sites for hydroxylation is 2. The van der Waals surface area contributed by atoms with Crippen LogP contribution in [0.4, 0.5) is 0 Å². The third-order valence-electron chi connectivity index (χ3n) is 5.15. The van der Waals surface area contributed by atoms with Crippen molar-refractivity contribution in [3.63, 3.8) is 0 Å². The van der Waals surface area contributed by atoms with E-state index < -0.39 is 23.5 Å². The summed E-state index contributed by atoms with van der Waals surface area (Å²) in [5.74, 6) is -0.876. The quantitative estimate of drug-likeness (QED) is 0.590. The third-order valence-corrected chi connectivity index (χ3v) is 6.22.